The van der Waals surface area contributed by atoms with Gasteiger partial charge in [0.2, 0.25) is 5.95 Å². The van der Waals surface area contributed by atoms with Gasteiger partial charge in [-0.15, -0.1) is 11.3 Å². The van der Waals surface area contributed by atoms with Crippen LogP contribution < -0.4 is 11.1 Å². The lowest BCUT2D eigenvalue weighted by atomic mass is 10.3. The molecule has 0 fully saturated rings. The number of rotatable bonds is 4. The summed E-state index contributed by atoms with van der Waals surface area (Å²) in [4.78, 5) is 10.8. The first-order valence-corrected chi connectivity index (χ1v) is 6.36. The summed E-state index contributed by atoms with van der Waals surface area (Å²) in [6.07, 6.45) is 2.09. The lowest BCUT2D eigenvalue weighted by Gasteiger charge is -2.05. The van der Waals surface area contributed by atoms with Gasteiger partial charge in [-0.05, 0) is 18.9 Å². The Kier molecular flexibility index (Phi) is 3.24. The number of hydrogen-bond acceptors (Lipinski definition) is 5. The van der Waals surface area contributed by atoms with Gasteiger partial charge in [-0.3, -0.25) is 0 Å². The van der Waals surface area contributed by atoms with Gasteiger partial charge in [0, 0.05) is 11.4 Å². The Morgan fingerprint density at radius 1 is 1.38 bits per heavy atom. The molecule has 0 saturated carbocycles. The van der Waals surface area contributed by atoms with E-state index in [1.165, 1.54) is 4.88 Å². The summed E-state index contributed by atoms with van der Waals surface area (Å²) in [5.74, 6) is 1.20. The van der Waals surface area contributed by atoms with Crippen LogP contribution in [0.3, 0.4) is 0 Å². The monoisotopic (exact) mass is 236 g/mol. The van der Waals surface area contributed by atoms with Crippen molar-refractivity contribution in [3.8, 4) is 0 Å². The van der Waals surface area contributed by atoms with Crippen molar-refractivity contribution in [1.29, 1.82) is 0 Å². The fourth-order valence-corrected chi connectivity index (χ4v) is 2.51. The van der Waals surface area contributed by atoms with Crippen molar-refractivity contribution < 1.29 is 0 Å². The average Bonchev–Trinajstić information content (AvgIpc) is 2.68. The standard InChI is InChI=1S/C11H16N4S/c1-3-5-13-9-8-6-7(4-2)16-10(8)15-11(12)14-9/h6H,3-5H2,1-2H3,(H3,12,13,14,15). The molecule has 3 N–H and O–H groups in total. The molecule has 0 aliphatic carbocycles. The lowest BCUT2D eigenvalue weighted by Crippen LogP contribution is -2.04. The van der Waals surface area contributed by atoms with Gasteiger partial charge in [-0.25, -0.2) is 4.98 Å². The van der Waals surface area contributed by atoms with Crippen molar-refractivity contribution in [2.45, 2.75) is 26.7 Å². The molecule has 0 unspecified atom stereocenters. The molecule has 0 aliphatic heterocycles. The minimum absolute atomic E-state index is 0.343. The van der Waals surface area contributed by atoms with Gasteiger partial charge in [-0.1, -0.05) is 13.8 Å². The van der Waals surface area contributed by atoms with E-state index in [0.717, 1.165) is 35.4 Å². The summed E-state index contributed by atoms with van der Waals surface area (Å²) in [7, 11) is 0. The summed E-state index contributed by atoms with van der Waals surface area (Å²) in [5, 5.41) is 4.38. The van der Waals surface area contributed by atoms with E-state index in [-0.39, 0.29) is 0 Å². The first-order valence-electron chi connectivity index (χ1n) is 5.54. The van der Waals surface area contributed by atoms with Crippen molar-refractivity contribution in [3.63, 3.8) is 0 Å². The number of nitrogen functional groups attached to an aromatic ring is 1. The molecular weight excluding hydrogens is 220 g/mol. The molecule has 0 amide bonds. The van der Waals surface area contributed by atoms with Crippen LogP contribution in [0, 0.1) is 0 Å². The maximum absolute atomic E-state index is 5.69. The molecule has 2 rings (SSSR count). The number of aromatic nitrogens is 2. The van der Waals surface area contributed by atoms with Crippen molar-refractivity contribution in [2.75, 3.05) is 17.6 Å². The van der Waals surface area contributed by atoms with Gasteiger partial charge in [0.1, 0.15) is 10.6 Å². The summed E-state index contributed by atoms with van der Waals surface area (Å²) >= 11 is 1.69. The quantitative estimate of drug-likeness (QED) is 0.856. The van der Waals surface area contributed by atoms with Crippen LogP contribution in [0.25, 0.3) is 10.2 Å². The third-order valence-corrected chi connectivity index (χ3v) is 3.53. The Morgan fingerprint density at radius 2 is 2.19 bits per heavy atom. The van der Waals surface area contributed by atoms with E-state index in [1.807, 2.05) is 0 Å². The number of aryl methyl sites for hydroxylation is 1. The van der Waals surface area contributed by atoms with Crippen LogP contribution in [0.15, 0.2) is 6.07 Å². The molecule has 0 aromatic carbocycles. The van der Waals surface area contributed by atoms with Crippen molar-refractivity contribution >= 4 is 33.3 Å². The van der Waals surface area contributed by atoms with Gasteiger partial charge >= 0.3 is 0 Å². The third-order valence-electron chi connectivity index (χ3n) is 2.35. The average molecular weight is 236 g/mol. The zero-order chi connectivity index (χ0) is 11.5. The minimum Gasteiger partial charge on any atom is -0.369 e. The van der Waals surface area contributed by atoms with Crippen LogP contribution in [0.5, 0.6) is 0 Å². The Hall–Kier alpha value is -1.36. The molecule has 0 aliphatic rings. The molecule has 0 bridgehead atoms. The fraction of sp³-hybridized carbons (Fsp3) is 0.455. The zero-order valence-electron chi connectivity index (χ0n) is 9.58. The largest absolute Gasteiger partial charge is 0.369 e. The summed E-state index contributed by atoms with van der Waals surface area (Å²) in [5.41, 5.74) is 5.69. The summed E-state index contributed by atoms with van der Waals surface area (Å²) in [6, 6.07) is 2.15. The maximum Gasteiger partial charge on any atom is 0.223 e. The van der Waals surface area contributed by atoms with Gasteiger partial charge in [0.05, 0.1) is 5.39 Å². The SMILES string of the molecule is CCCNc1nc(N)nc2sc(CC)cc12. The van der Waals surface area contributed by atoms with Gasteiger partial charge in [0.25, 0.3) is 0 Å². The number of nitrogens with one attached hydrogen (secondary N) is 1. The molecular formula is C11H16N4S. The normalized spacial score (nSPS) is 10.9. The van der Waals surface area contributed by atoms with Gasteiger partial charge in [0.15, 0.2) is 0 Å². The van der Waals surface area contributed by atoms with E-state index in [9.17, 15) is 0 Å². The van der Waals surface area contributed by atoms with E-state index in [4.69, 9.17) is 5.73 Å². The first-order chi connectivity index (χ1) is 7.74. The Morgan fingerprint density at radius 3 is 2.88 bits per heavy atom. The molecule has 2 aromatic rings. The van der Waals surface area contributed by atoms with Crippen LogP contribution in [0.2, 0.25) is 0 Å². The predicted octanol–water partition coefficient (Wildman–Crippen LogP) is 2.66. The van der Waals surface area contributed by atoms with Crippen LogP contribution in [0.4, 0.5) is 11.8 Å². The van der Waals surface area contributed by atoms with Crippen molar-refractivity contribution in [2.24, 2.45) is 0 Å². The number of fused-ring (bicyclic) bond motifs is 1. The second kappa shape index (κ2) is 4.65. The molecule has 0 saturated heterocycles. The smallest absolute Gasteiger partial charge is 0.223 e. The lowest BCUT2D eigenvalue weighted by molar-refractivity contribution is 0.971. The molecule has 0 atom stereocenters. The zero-order valence-corrected chi connectivity index (χ0v) is 10.4. The molecule has 16 heavy (non-hydrogen) atoms. The van der Waals surface area contributed by atoms with Crippen LogP contribution >= 0.6 is 11.3 Å². The van der Waals surface area contributed by atoms with Crippen LogP contribution in [-0.4, -0.2) is 16.5 Å². The number of nitrogens with zero attached hydrogens (tertiary/aromatic N) is 2. The predicted molar refractivity (Wildman–Crippen MR) is 70.0 cm³/mol. The minimum atomic E-state index is 0.343. The van der Waals surface area contributed by atoms with Crippen molar-refractivity contribution in [1.82, 2.24) is 9.97 Å². The number of anilines is 2. The second-order valence-electron chi connectivity index (χ2n) is 3.64. The Balaban J connectivity index is 2.48. The molecule has 2 aromatic heterocycles. The number of thiophene rings is 1. The van der Waals surface area contributed by atoms with E-state index < -0.39 is 0 Å². The van der Waals surface area contributed by atoms with E-state index in [0.29, 0.717) is 5.95 Å². The third kappa shape index (κ3) is 2.09. The van der Waals surface area contributed by atoms with E-state index >= 15 is 0 Å². The molecule has 0 spiro atoms. The fourth-order valence-electron chi connectivity index (χ4n) is 1.54. The maximum atomic E-state index is 5.69. The second-order valence-corrected chi connectivity index (χ2v) is 4.76. The van der Waals surface area contributed by atoms with Crippen LogP contribution in [0.1, 0.15) is 25.1 Å². The topological polar surface area (TPSA) is 63.8 Å². The molecule has 86 valence electrons. The Bertz CT molecular complexity index is 492. The van der Waals surface area contributed by atoms with Gasteiger partial charge < -0.3 is 11.1 Å². The first kappa shape index (κ1) is 11.1. The molecule has 2 heterocycles. The number of nitrogens with two attached hydrogens (primary N) is 1. The highest BCUT2D eigenvalue weighted by molar-refractivity contribution is 7.18. The van der Waals surface area contributed by atoms with Crippen molar-refractivity contribution in [3.05, 3.63) is 10.9 Å². The number of hydrogen-bond donors (Lipinski definition) is 2. The van der Waals surface area contributed by atoms with E-state index in [1.54, 1.807) is 11.3 Å². The highest BCUT2D eigenvalue weighted by atomic mass is 32.1. The molecule has 0 radical (unpaired) electrons. The highest BCUT2D eigenvalue weighted by Gasteiger charge is 2.09. The van der Waals surface area contributed by atoms with E-state index in [2.05, 4.69) is 35.2 Å². The molecule has 4 nitrogen and oxygen atoms in total. The Labute approximate surface area is 98.9 Å². The molecule has 5 heteroatoms. The summed E-state index contributed by atoms with van der Waals surface area (Å²) in [6.45, 7) is 5.17. The highest BCUT2D eigenvalue weighted by Crippen LogP contribution is 2.29. The summed E-state index contributed by atoms with van der Waals surface area (Å²) < 4.78 is 0. The van der Waals surface area contributed by atoms with Gasteiger partial charge in [-0.2, -0.15) is 4.98 Å². The van der Waals surface area contributed by atoms with Crippen LogP contribution in [-0.2, 0) is 6.42 Å².